The minimum atomic E-state index is -0.493. The molecule has 0 aliphatic carbocycles. The van der Waals surface area contributed by atoms with Gasteiger partial charge < -0.3 is 5.11 Å². The van der Waals surface area contributed by atoms with E-state index in [0.29, 0.717) is 10.7 Å². The molecule has 3 aromatic heterocycles. The van der Waals surface area contributed by atoms with Crippen LogP contribution in [0.5, 0.6) is 5.88 Å². The van der Waals surface area contributed by atoms with E-state index in [9.17, 15) is 9.90 Å². The molecule has 3 aromatic rings. The normalized spacial score (nSPS) is 10.5. The number of carbonyl (C=O) groups is 1. The lowest BCUT2D eigenvalue weighted by Gasteiger charge is -2.03. The summed E-state index contributed by atoms with van der Waals surface area (Å²) in [5.74, 6) is -0.716. The Kier molecular flexibility index (Phi) is 4.18. The first kappa shape index (κ1) is 15.3. The molecule has 0 unspecified atom stereocenters. The number of pyridine rings is 1. The van der Waals surface area contributed by atoms with Crippen molar-refractivity contribution in [2.45, 2.75) is 6.92 Å². The van der Waals surface area contributed by atoms with Crippen LogP contribution in [0.3, 0.4) is 0 Å². The number of halogens is 1. The quantitative estimate of drug-likeness (QED) is 0.755. The van der Waals surface area contributed by atoms with Crippen LogP contribution in [0.25, 0.3) is 10.6 Å². The number of nitrogens with zero attached hydrogens (tertiary/aromatic N) is 4. The molecule has 0 saturated carbocycles. The van der Waals surface area contributed by atoms with Gasteiger partial charge in [0.15, 0.2) is 5.15 Å². The van der Waals surface area contributed by atoms with Crippen molar-refractivity contribution < 1.29 is 9.90 Å². The van der Waals surface area contributed by atoms with Gasteiger partial charge in [0.2, 0.25) is 11.8 Å². The van der Waals surface area contributed by atoms with Gasteiger partial charge in [-0.25, -0.2) is 9.97 Å². The summed E-state index contributed by atoms with van der Waals surface area (Å²) in [7, 11) is 0. The summed E-state index contributed by atoms with van der Waals surface area (Å²) in [6.07, 6.45) is 3.28. The topological polar surface area (TPSA) is 101 Å². The monoisotopic (exact) mass is 347 g/mol. The van der Waals surface area contributed by atoms with Crippen LogP contribution < -0.4 is 5.32 Å². The lowest BCUT2D eigenvalue weighted by atomic mass is 10.3. The van der Waals surface area contributed by atoms with E-state index in [-0.39, 0.29) is 21.9 Å². The Balaban J connectivity index is 1.87. The van der Waals surface area contributed by atoms with E-state index in [1.807, 2.05) is 6.07 Å². The van der Waals surface area contributed by atoms with Gasteiger partial charge in [0.05, 0.1) is 0 Å². The Hall–Kier alpha value is -2.58. The molecule has 2 N–H and O–H groups in total. The fraction of sp³-hybridized carbons (Fsp3) is 0.0714. The van der Waals surface area contributed by atoms with Gasteiger partial charge >= 0.3 is 0 Å². The van der Waals surface area contributed by atoms with E-state index in [2.05, 4.69) is 25.3 Å². The summed E-state index contributed by atoms with van der Waals surface area (Å²) in [6, 6.07) is 4.98. The molecular formula is C14H10ClN5O2S. The van der Waals surface area contributed by atoms with E-state index in [1.54, 1.807) is 25.4 Å². The van der Waals surface area contributed by atoms with Gasteiger partial charge in [-0.1, -0.05) is 11.6 Å². The maximum absolute atomic E-state index is 12.3. The van der Waals surface area contributed by atoms with Crippen molar-refractivity contribution in [2.75, 3.05) is 5.32 Å². The van der Waals surface area contributed by atoms with Crippen LogP contribution in [0.15, 0.2) is 30.6 Å². The third-order valence-electron chi connectivity index (χ3n) is 2.77. The lowest BCUT2D eigenvalue weighted by Crippen LogP contribution is -2.13. The largest absolute Gasteiger partial charge is 0.493 e. The number of carbonyl (C=O) groups excluding carboxylic acids is 1. The first-order valence-electron chi connectivity index (χ1n) is 6.45. The molecule has 1 amide bonds. The first-order chi connectivity index (χ1) is 11.0. The molecule has 3 heterocycles. The number of hydrogen-bond donors (Lipinski definition) is 2. The second-order valence-electron chi connectivity index (χ2n) is 4.53. The van der Waals surface area contributed by atoms with E-state index in [0.717, 1.165) is 16.9 Å². The maximum atomic E-state index is 12.3. The highest BCUT2D eigenvalue weighted by molar-refractivity contribution is 7.17. The molecule has 7 nitrogen and oxygen atoms in total. The maximum Gasteiger partial charge on any atom is 0.271 e. The summed E-state index contributed by atoms with van der Waals surface area (Å²) in [6.45, 7) is 1.68. The highest BCUT2D eigenvalue weighted by Crippen LogP contribution is 2.30. The SMILES string of the molecule is Cc1cc(O)nc(NC(=O)c2sc(-c3cccnc3)nc2Cl)n1. The highest BCUT2D eigenvalue weighted by atomic mass is 35.5. The Morgan fingerprint density at radius 1 is 1.35 bits per heavy atom. The molecule has 0 aromatic carbocycles. The summed E-state index contributed by atoms with van der Waals surface area (Å²) in [4.78, 5) is 28.5. The third kappa shape index (κ3) is 3.43. The fourth-order valence-electron chi connectivity index (χ4n) is 1.82. The zero-order valence-corrected chi connectivity index (χ0v) is 13.4. The van der Waals surface area contributed by atoms with Gasteiger partial charge in [-0.15, -0.1) is 11.3 Å². The van der Waals surface area contributed by atoms with Crippen LogP contribution in [0.4, 0.5) is 5.95 Å². The molecule has 9 heteroatoms. The van der Waals surface area contributed by atoms with E-state index >= 15 is 0 Å². The molecule has 3 rings (SSSR count). The van der Waals surface area contributed by atoms with Crippen LogP contribution in [0.2, 0.25) is 5.15 Å². The van der Waals surface area contributed by atoms with Gasteiger partial charge in [0.25, 0.3) is 5.91 Å². The van der Waals surface area contributed by atoms with Crippen molar-refractivity contribution in [1.29, 1.82) is 0 Å². The van der Waals surface area contributed by atoms with Gasteiger partial charge in [0.1, 0.15) is 9.88 Å². The van der Waals surface area contributed by atoms with Crippen LogP contribution in [-0.2, 0) is 0 Å². The number of aromatic hydroxyl groups is 1. The van der Waals surface area contributed by atoms with Crippen LogP contribution in [-0.4, -0.2) is 30.9 Å². The van der Waals surface area contributed by atoms with Crippen molar-refractivity contribution in [2.24, 2.45) is 0 Å². The lowest BCUT2D eigenvalue weighted by molar-refractivity contribution is 0.102. The molecule has 0 bridgehead atoms. The van der Waals surface area contributed by atoms with Gasteiger partial charge in [-0.05, 0) is 19.1 Å². The number of nitrogens with one attached hydrogen (secondary N) is 1. The number of aryl methyl sites for hydroxylation is 1. The third-order valence-corrected chi connectivity index (χ3v) is 4.26. The number of hydrogen-bond acceptors (Lipinski definition) is 7. The smallest absolute Gasteiger partial charge is 0.271 e. The summed E-state index contributed by atoms with van der Waals surface area (Å²) < 4.78 is 0. The Labute approximate surface area is 140 Å². The standard InChI is InChI=1S/C14H10ClN5O2S/c1-7-5-9(21)18-14(17-7)20-12(22)10-11(15)19-13(23-10)8-3-2-4-16-6-8/h2-6H,1H3,(H2,17,18,20,21,22). The van der Waals surface area contributed by atoms with Gasteiger partial charge in [0, 0.05) is 29.7 Å². The van der Waals surface area contributed by atoms with Crippen LogP contribution in [0, 0.1) is 6.92 Å². The predicted octanol–water partition coefficient (Wildman–Crippen LogP) is 2.91. The average Bonchev–Trinajstić information content (AvgIpc) is 2.89. The zero-order chi connectivity index (χ0) is 16.4. The second kappa shape index (κ2) is 6.27. The molecule has 0 saturated heterocycles. The molecule has 0 atom stereocenters. The molecule has 0 aliphatic heterocycles. The van der Waals surface area contributed by atoms with Crippen molar-refractivity contribution in [3.05, 3.63) is 46.3 Å². The predicted molar refractivity (Wildman–Crippen MR) is 86.7 cm³/mol. The van der Waals surface area contributed by atoms with Crippen molar-refractivity contribution in [3.8, 4) is 16.5 Å². The van der Waals surface area contributed by atoms with E-state index in [1.165, 1.54) is 6.07 Å². The van der Waals surface area contributed by atoms with Crippen molar-refractivity contribution in [1.82, 2.24) is 19.9 Å². The average molecular weight is 348 g/mol. The van der Waals surface area contributed by atoms with E-state index in [4.69, 9.17) is 11.6 Å². The summed E-state index contributed by atoms with van der Waals surface area (Å²) >= 11 is 7.18. The number of amides is 1. The Bertz CT molecular complexity index is 849. The molecule has 0 aliphatic rings. The Morgan fingerprint density at radius 3 is 2.87 bits per heavy atom. The molecule has 0 fully saturated rings. The van der Waals surface area contributed by atoms with Crippen LogP contribution in [0.1, 0.15) is 15.4 Å². The minimum Gasteiger partial charge on any atom is -0.493 e. The second-order valence-corrected chi connectivity index (χ2v) is 5.88. The number of anilines is 1. The van der Waals surface area contributed by atoms with Crippen molar-refractivity contribution >= 4 is 34.8 Å². The molecule has 23 heavy (non-hydrogen) atoms. The molecule has 0 spiro atoms. The number of aromatic nitrogens is 4. The first-order valence-corrected chi connectivity index (χ1v) is 7.65. The minimum absolute atomic E-state index is 0.0000977. The van der Waals surface area contributed by atoms with Crippen molar-refractivity contribution in [3.63, 3.8) is 0 Å². The fourth-order valence-corrected chi connectivity index (χ4v) is 3.00. The van der Waals surface area contributed by atoms with Gasteiger partial charge in [-0.2, -0.15) is 4.98 Å². The number of rotatable bonds is 3. The highest BCUT2D eigenvalue weighted by Gasteiger charge is 2.19. The van der Waals surface area contributed by atoms with Gasteiger partial charge in [-0.3, -0.25) is 15.1 Å². The summed E-state index contributed by atoms with van der Waals surface area (Å²) in [5, 5.41) is 12.6. The molecule has 0 radical (unpaired) electrons. The zero-order valence-electron chi connectivity index (χ0n) is 11.8. The van der Waals surface area contributed by atoms with Crippen LogP contribution >= 0.6 is 22.9 Å². The summed E-state index contributed by atoms with van der Waals surface area (Å²) in [5.41, 5.74) is 1.29. The Morgan fingerprint density at radius 2 is 2.17 bits per heavy atom. The molecule has 116 valence electrons. The number of thiazole rings is 1. The van der Waals surface area contributed by atoms with E-state index < -0.39 is 5.91 Å². The molecular weight excluding hydrogens is 338 g/mol.